The third-order valence-electron chi connectivity index (χ3n) is 4.61. The molecule has 4 heterocycles. The van der Waals surface area contributed by atoms with Crippen molar-refractivity contribution in [3.63, 3.8) is 0 Å². The van der Waals surface area contributed by atoms with Crippen molar-refractivity contribution in [1.82, 2.24) is 9.55 Å². The number of aromatic hydroxyl groups is 1. The lowest BCUT2D eigenvalue weighted by Gasteiger charge is -2.11. The van der Waals surface area contributed by atoms with E-state index >= 15 is 0 Å². The molecule has 150 valence electrons. The Bertz CT molecular complexity index is 1420. The van der Waals surface area contributed by atoms with Gasteiger partial charge in [0.1, 0.15) is 22.1 Å². The van der Waals surface area contributed by atoms with E-state index in [2.05, 4.69) is 0 Å². The highest BCUT2D eigenvalue weighted by molar-refractivity contribution is 7.25. The fraction of sp³-hybridized carbons (Fsp3) is 0.0952. The largest absolute Gasteiger partial charge is 0.506 e. The Morgan fingerprint density at radius 1 is 1.10 bits per heavy atom. The molecule has 30 heavy (non-hydrogen) atoms. The number of aromatic nitrogens is 2. The van der Waals surface area contributed by atoms with Crippen LogP contribution in [0.1, 0.15) is 9.67 Å². The molecule has 0 saturated heterocycles. The molecule has 0 aliphatic carbocycles. The molecule has 9 heteroatoms. The Morgan fingerprint density at radius 3 is 2.70 bits per heavy atom. The molecule has 6 nitrogen and oxygen atoms in total. The molecular formula is C21H14N2O4S3. The first kappa shape index (κ1) is 19.0. The number of benzene rings is 1. The molecule has 0 saturated carbocycles. The average molecular weight is 455 g/mol. The summed E-state index contributed by atoms with van der Waals surface area (Å²) >= 11 is 4.09. The van der Waals surface area contributed by atoms with E-state index < -0.39 is 5.97 Å². The van der Waals surface area contributed by atoms with Gasteiger partial charge in [0.15, 0.2) is 5.82 Å². The predicted molar refractivity (Wildman–Crippen MR) is 121 cm³/mol. The van der Waals surface area contributed by atoms with Crippen molar-refractivity contribution in [2.45, 2.75) is 6.54 Å². The molecule has 0 atom stereocenters. The van der Waals surface area contributed by atoms with Crippen LogP contribution in [0.15, 0.2) is 58.0 Å². The van der Waals surface area contributed by atoms with Gasteiger partial charge in [-0.1, -0.05) is 24.3 Å². The van der Waals surface area contributed by atoms with E-state index in [1.807, 2.05) is 29.0 Å². The van der Waals surface area contributed by atoms with E-state index in [-0.39, 0.29) is 24.5 Å². The lowest BCUT2D eigenvalue weighted by atomic mass is 10.2. The standard InChI is InChI=1S/C21H14N2O4S3/c24-13-5-1-4-12-16-19(30-17(12)13)22-18(14-6-2-10-28-14)23(20(16)25)8-9-27-21(26)15-7-3-11-29-15/h1-7,10-11,24H,8-9H2. The van der Waals surface area contributed by atoms with Gasteiger partial charge >= 0.3 is 5.97 Å². The average Bonchev–Trinajstić information content (AvgIpc) is 3.50. The fourth-order valence-corrected chi connectivity index (χ4v) is 5.68. The number of phenolic OH excluding ortho intramolecular Hbond substituents is 1. The minimum absolute atomic E-state index is 0.0511. The number of carbonyl (C=O) groups excluding carboxylic acids is 1. The van der Waals surface area contributed by atoms with Crippen LogP contribution in [0.4, 0.5) is 0 Å². The van der Waals surface area contributed by atoms with E-state index in [1.54, 1.807) is 28.8 Å². The van der Waals surface area contributed by atoms with Gasteiger partial charge in [0.25, 0.3) is 5.56 Å². The maximum absolute atomic E-state index is 13.4. The Morgan fingerprint density at radius 2 is 1.93 bits per heavy atom. The minimum Gasteiger partial charge on any atom is -0.506 e. The third-order valence-corrected chi connectivity index (χ3v) is 7.45. The second-order valence-electron chi connectivity index (χ2n) is 6.42. The molecule has 0 fully saturated rings. The van der Waals surface area contributed by atoms with Gasteiger partial charge < -0.3 is 9.84 Å². The van der Waals surface area contributed by atoms with Gasteiger partial charge in [-0.25, -0.2) is 9.78 Å². The van der Waals surface area contributed by atoms with Gasteiger partial charge in [-0.2, -0.15) is 0 Å². The number of fused-ring (bicyclic) bond motifs is 3. The van der Waals surface area contributed by atoms with Gasteiger partial charge in [0.05, 0.1) is 21.5 Å². The van der Waals surface area contributed by atoms with Crippen molar-refractivity contribution >= 4 is 60.3 Å². The number of hydrogen-bond donors (Lipinski definition) is 1. The highest BCUT2D eigenvalue weighted by Gasteiger charge is 2.19. The first-order valence-corrected chi connectivity index (χ1v) is 11.6. The summed E-state index contributed by atoms with van der Waals surface area (Å²) in [5.41, 5.74) is -0.215. The summed E-state index contributed by atoms with van der Waals surface area (Å²) in [7, 11) is 0. The molecule has 0 spiro atoms. The zero-order chi connectivity index (χ0) is 20.7. The lowest BCUT2D eigenvalue weighted by Crippen LogP contribution is -2.25. The topological polar surface area (TPSA) is 81.4 Å². The summed E-state index contributed by atoms with van der Waals surface area (Å²) in [5.74, 6) is 0.250. The maximum Gasteiger partial charge on any atom is 0.348 e. The van der Waals surface area contributed by atoms with E-state index in [9.17, 15) is 14.7 Å². The molecule has 0 radical (unpaired) electrons. The summed E-state index contributed by atoms with van der Waals surface area (Å²) in [6.45, 7) is 0.234. The van der Waals surface area contributed by atoms with Gasteiger partial charge in [0, 0.05) is 5.39 Å². The molecule has 0 amide bonds. The number of rotatable bonds is 5. The molecular weight excluding hydrogens is 440 g/mol. The molecule has 0 aliphatic heterocycles. The number of carbonyl (C=O) groups is 1. The van der Waals surface area contributed by atoms with Crippen molar-refractivity contribution < 1.29 is 14.6 Å². The summed E-state index contributed by atoms with van der Waals surface area (Å²) in [5, 5.41) is 15.1. The van der Waals surface area contributed by atoms with Crippen LogP contribution in [-0.2, 0) is 11.3 Å². The Kier molecular flexibility index (Phi) is 4.86. The smallest absolute Gasteiger partial charge is 0.348 e. The number of ether oxygens (including phenoxy) is 1. The van der Waals surface area contributed by atoms with Gasteiger partial charge in [-0.15, -0.1) is 34.0 Å². The number of hydrogen-bond acceptors (Lipinski definition) is 8. The number of thiophene rings is 3. The number of phenols is 1. The molecule has 5 aromatic rings. The molecule has 1 N–H and O–H groups in total. The normalized spacial score (nSPS) is 11.3. The first-order chi connectivity index (χ1) is 14.6. The molecule has 5 rings (SSSR count). The van der Waals surface area contributed by atoms with Crippen molar-refractivity contribution in [2.75, 3.05) is 6.61 Å². The monoisotopic (exact) mass is 454 g/mol. The van der Waals surface area contributed by atoms with E-state index in [1.165, 1.54) is 34.0 Å². The van der Waals surface area contributed by atoms with Crippen molar-refractivity contribution in [3.05, 3.63) is 68.5 Å². The van der Waals surface area contributed by atoms with Crippen LogP contribution in [0.3, 0.4) is 0 Å². The molecule has 0 bridgehead atoms. The first-order valence-electron chi connectivity index (χ1n) is 9.03. The maximum atomic E-state index is 13.4. The fourth-order valence-electron chi connectivity index (χ4n) is 3.26. The van der Waals surface area contributed by atoms with Crippen molar-refractivity contribution in [2.24, 2.45) is 0 Å². The highest BCUT2D eigenvalue weighted by Crippen LogP contribution is 2.37. The predicted octanol–water partition coefficient (Wildman–Crippen LogP) is 4.96. The van der Waals surface area contributed by atoms with E-state index in [0.717, 1.165) is 4.88 Å². The zero-order valence-electron chi connectivity index (χ0n) is 15.4. The molecule has 4 aromatic heterocycles. The highest BCUT2D eigenvalue weighted by atomic mass is 32.1. The number of esters is 1. The van der Waals surface area contributed by atoms with Crippen LogP contribution in [0.2, 0.25) is 0 Å². The summed E-state index contributed by atoms with van der Waals surface area (Å²) < 4.78 is 7.55. The molecule has 0 unspecified atom stereocenters. The van der Waals surface area contributed by atoms with Gasteiger partial charge in [-0.3, -0.25) is 9.36 Å². The summed E-state index contributed by atoms with van der Waals surface area (Å²) in [4.78, 5) is 32.3. The van der Waals surface area contributed by atoms with Gasteiger partial charge in [0.2, 0.25) is 0 Å². The van der Waals surface area contributed by atoms with Crippen LogP contribution in [0.25, 0.3) is 31.0 Å². The zero-order valence-corrected chi connectivity index (χ0v) is 17.9. The second kappa shape index (κ2) is 7.67. The number of nitrogens with zero attached hydrogens (tertiary/aromatic N) is 2. The van der Waals surface area contributed by atoms with Gasteiger partial charge in [-0.05, 0) is 29.0 Å². The van der Waals surface area contributed by atoms with E-state index in [4.69, 9.17) is 9.72 Å². The third kappa shape index (κ3) is 3.20. The van der Waals surface area contributed by atoms with Crippen LogP contribution >= 0.6 is 34.0 Å². The van der Waals surface area contributed by atoms with Crippen LogP contribution in [-0.4, -0.2) is 27.2 Å². The van der Waals surface area contributed by atoms with Crippen LogP contribution < -0.4 is 5.56 Å². The SMILES string of the molecule is O=C(OCCn1c(-c2cccs2)nc2sc3c(O)cccc3c2c1=O)c1cccs1. The second-order valence-corrected chi connectivity index (χ2v) is 9.31. The quantitative estimate of drug-likeness (QED) is 0.380. The Balaban J connectivity index is 1.59. The Hall–Kier alpha value is -3.01. The Labute approximate surface area is 182 Å². The lowest BCUT2D eigenvalue weighted by molar-refractivity contribution is 0.0496. The van der Waals surface area contributed by atoms with Crippen molar-refractivity contribution in [3.8, 4) is 16.5 Å². The van der Waals surface area contributed by atoms with Crippen LogP contribution in [0.5, 0.6) is 5.75 Å². The minimum atomic E-state index is -0.407. The molecule has 0 aliphatic rings. The summed E-state index contributed by atoms with van der Waals surface area (Å²) in [6, 6.07) is 12.4. The van der Waals surface area contributed by atoms with Crippen LogP contribution in [0, 0.1) is 0 Å². The van der Waals surface area contributed by atoms with Crippen molar-refractivity contribution in [1.29, 1.82) is 0 Å². The molecule has 1 aromatic carbocycles. The summed E-state index contributed by atoms with van der Waals surface area (Å²) in [6.07, 6.45) is 0. The van der Waals surface area contributed by atoms with E-state index in [0.29, 0.717) is 31.0 Å².